The van der Waals surface area contributed by atoms with Gasteiger partial charge in [-0.15, -0.1) is 0 Å². The van der Waals surface area contributed by atoms with Crippen LogP contribution in [0.1, 0.15) is 53.8 Å². The fourth-order valence-corrected chi connectivity index (χ4v) is 6.11. The zero-order chi connectivity index (χ0) is 35.0. The summed E-state index contributed by atoms with van der Waals surface area (Å²) in [6.45, 7) is 11.3. The van der Waals surface area contributed by atoms with Crippen LogP contribution in [0.5, 0.6) is 11.5 Å². The summed E-state index contributed by atoms with van der Waals surface area (Å²) in [6, 6.07) is 17.7. The van der Waals surface area contributed by atoms with Crippen molar-refractivity contribution in [2.24, 2.45) is 0 Å². The van der Waals surface area contributed by atoms with Gasteiger partial charge in [0.25, 0.3) is 0 Å². The molecule has 12 heteroatoms. The van der Waals surface area contributed by atoms with Gasteiger partial charge in [-0.05, 0) is 88.0 Å². The molecule has 3 heterocycles. The van der Waals surface area contributed by atoms with Crippen molar-refractivity contribution in [1.29, 1.82) is 0 Å². The second-order valence-electron chi connectivity index (χ2n) is 12.6. The van der Waals surface area contributed by atoms with Crippen molar-refractivity contribution in [3.8, 4) is 22.9 Å². The van der Waals surface area contributed by atoms with Crippen molar-refractivity contribution in [2.45, 2.75) is 59.9 Å². The minimum atomic E-state index is -0.615. The predicted molar refractivity (Wildman–Crippen MR) is 189 cm³/mol. The van der Waals surface area contributed by atoms with Gasteiger partial charge in [0.05, 0.1) is 13.2 Å². The maximum atomic E-state index is 15.0. The molecule has 0 saturated carbocycles. The number of rotatable bonds is 12. The van der Waals surface area contributed by atoms with Gasteiger partial charge in [-0.25, -0.2) is 14.2 Å². The number of halogens is 1. The lowest BCUT2D eigenvalue weighted by molar-refractivity contribution is 0.203. The molecule has 1 aliphatic heterocycles. The number of benzene rings is 3. The molecule has 1 saturated heterocycles. The zero-order valence-electron chi connectivity index (χ0n) is 28.9. The Kier molecular flexibility index (Phi) is 11.0. The van der Waals surface area contributed by atoms with Crippen molar-refractivity contribution in [3.63, 3.8) is 0 Å². The first-order valence-corrected chi connectivity index (χ1v) is 16.9. The summed E-state index contributed by atoms with van der Waals surface area (Å²) in [4.78, 5) is 31.0. The third-order valence-electron chi connectivity index (χ3n) is 8.53. The molecule has 5 aromatic rings. The first kappa shape index (κ1) is 34.5. The number of nitrogens with one attached hydrogen (secondary N) is 1. The third-order valence-corrected chi connectivity index (χ3v) is 8.53. The number of amides is 1. The number of anilines is 3. The molecule has 1 N–H and O–H groups in total. The normalized spacial score (nSPS) is 13.2. The van der Waals surface area contributed by atoms with Crippen molar-refractivity contribution >= 4 is 23.5 Å². The molecule has 0 bridgehead atoms. The van der Waals surface area contributed by atoms with Crippen LogP contribution in [0.15, 0.2) is 71.4 Å². The summed E-state index contributed by atoms with van der Waals surface area (Å²) < 4.78 is 31.9. The molecule has 0 aliphatic carbocycles. The highest BCUT2D eigenvalue weighted by Crippen LogP contribution is 2.28. The zero-order valence-corrected chi connectivity index (χ0v) is 28.9. The number of carbonyl (C=O) groups excluding carboxylic acids is 1. The maximum absolute atomic E-state index is 15.0. The second-order valence-corrected chi connectivity index (χ2v) is 12.6. The van der Waals surface area contributed by atoms with Crippen molar-refractivity contribution < 1.29 is 23.2 Å². The molecule has 1 aliphatic rings. The van der Waals surface area contributed by atoms with Crippen LogP contribution in [0, 0.1) is 33.5 Å². The maximum Gasteiger partial charge on any atom is 0.421 e. The summed E-state index contributed by atoms with van der Waals surface area (Å²) >= 11 is 0. The fourth-order valence-electron chi connectivity index (χ4n) is 6.11. The summed E-state index contributed by atoms with van der Waals surface area (Å²) in [7, 11) is 0. The number of aromatic nitrogens is 4. The molecule has 1 amide bonds. The van der Waals surface area contributed by atoms with Crippen LogP contribution in [-0.2, 0) is 6.54 Å². The van der Waals surface area contributed by atoms with E-state index in [1.165, 1.54) is 36.4 Å². The number of piperidine rings is 1. The van der Waals surface area contributed by atoms with E-state index in [0.29, 0.717) is 35.6 Å². The van der Waals surface area contributed by atoms with E-state index < -0.39 is 11.9 Å². The molecule has 0 radical (unpaired) electrons. The molecule has 1 fully saturated rings. The van der Waals surface area contributed by atoms with Crippen LogP contribution in [0.4, 0.5) is 26.6 Å². The summed E-state index contributed by atoms with van der Waals surface area (Å²) in [5.41, 5.74) is 4.79. The van der Waals surface area contributed by atoms with E-state index in [4.69, 9.17) is 14.0 Å². The van der Waals surface area contributed by atoms with Crippen LogP contribution in [-0.4, -0.2) is 57.3 Å². The van der Waals surface area contributed by atoms with Gasteiger partial charge in [-0.1, -0.05) is 53.5 Å². The summed E-state index contributed by atoms with van der Waals surface area (Å²) in [5.74, 6) is 1.62. The van der Waals surface area contributed by atoms with Gasteiger partial charge in [-0.3, -0.25) is 4.90 Å². The number of carbonyl (C=O) groups is 1. The number of hydrogen-bond acceptors (Lipinski definition) is 10. The molecule has 0 unspecified atom stereocenters. The highest BCUT2D eigenvalue weighted by atomic mass is 19.1. The Balaban J connectivity index is 1.18. The summed E-state index contributed by atoms with van der Waals surface area (Å²) in [5, 5.41) is 7.04. The van der Waals surface area contributed by atoms with Crippen molar-refractivity contribution in [2.75, 3.05) is 36.5 Å². The molecular weight excluding hydrogens is 637 g/mol. The molecular formula is C38H42FN7O4. The Bertz CT molecular complexity index is 1900. The van der Waals surface area contributed by atoms with Gasteiger partial charge in [-0.2, -0.15) is 9.97 Å². The first-order chi connectivity index (χ1) is 24.2. The van der Waals surface area contributed by atoms with Gasteiger partial charge in [0.15, 0.2) is 11.6 Å². The van der Waals surface area contributed by atoms with E-state index in [1.54, 1.807) is 25.1 Å². The minimum Gasteiger partial charge on any atom is -0.490 e. The fraction of sp³-hybridized carbons (Fsp3) is 0.342. The lowest BCUT2D eigenvalue weighted by Crippen LogP contribution is -2.34. The largest absolute Gasteiger partial charge is 0.490 e. The average Bonchev–Trinajstić information content (AvgIpc) is 3.55. The van der Waals surface area contributed by atoms with E-state index >= 15 is 4.39 Å². The molecule has 260 valence electrons. The highest BCUT2D eigenvalue weighted by molar-refractivity contribution is 5.88. The smallest absolute Gasteiger partial charge is 0.421 e. The highest BCUT2D eigenvalue weighted by Gasteiger charge is 2.23. The van der Waals surface area contributed by atoms with Crippen LogP contribution in [0.25, 0.3) is 11.4 Å². The van der Waals surface area contributed by atoms with Crippen LogP contribution >= 0.6 is 0 Å². The molecule has 0 spiro atoms. The van der Waals surface area contributed by atoms with Gasteiger partial charge in [0.2, 0.25) is 17.7 Å². The van der Waals surface area contributed by atoms with Gasteiger partial charge in [0.1, 0.15) is 11.6 Å². The molecule has 0 atom stereocenters. The first-order valence-electron chi connectivity index (χ1n) is 16.9. The Hall–Kier alpha value is -5.36. The van der Waals surface area contributed by atoms with E-state index in [2.05, 4.69) is 30.3 Å². The Morgan fingerprint density at radius 1 is 0.960 bits per heavy atom. The van der Waals surface area contributed by atoms with E-state index in [-0.39, 0.29) is 18.2 Å². The second kappa shape index (κ2) is 15.9. The van der Waals surface area contributed by atoms with Gasteiger partial charge < -0.3 is 24.2 Å². The van der Waals surface area contributed by atoms with Crippen LogP contribution < -0.4 is 19.7 Å². The van der Waals surface area contributed by atoms with Crippen molar-refractivity contribution in [1.82, 2.24) is 25.0 Å². The number of hydrogen-bond donors (Lipinski definition) is 1. The third kappa shape index (κ3) is 8.80. The minimum absolute atomic E-state index is 0.142. The topological polar surface area (TPSA) is 119 Å². The lowest BCUT2D eigenvalue weighted by Gasteiger charge is -2.26. The Morgan fingerprint density at radius 2 is 1.72 bits per heavy atom. The van der Waals surface area contributed by atoms with Gasteiger partial charge >= 0.3 is 6.09 Å². The van der Waals surface area contributed by atoms with Crippen molar-refractivity contribution in [3.05, 3.63) is 101 Å². The van der Waals surface area contributed by atoms with Crippen LogP contribution in [0.3, 0.4) is 0 Å². The Labute approximate surface area is 291 Å². The molecule has 11 nitrogen and oxygen atoms in total. The number of ether oxygens (including phenoxy) is 2. The van der Waals surface area contributed by atoms with Gasteiger partial charge in [0, 0.05) is 37.0 Å². The monoisotopic (exact) mass is 679 g/mol. The SMILES string of the molecule is Cc1cc(C)c(OC(=O)N(Cc2ccc(-c3noc(C)n3)cc2)c2ccnc(Nc3ccc(OCCCN4CCCCC4)c(F)c3)n2)c(C)c1. The molecule has 6 rings (SSSR count). The van der Waals surface area contributed by atoms with Crippen LogP contribution in [0.2, 0.25) is 0 Å². The van der Waals surface area contributed by atoms with E-state index in [9.17, 15) is 4.79 Å². The predicted octanol–water partition coefficient (Wildman–Crippen LogP) is 8.10. The quantitative estimate of drug-likeness (QED) is 0.130. The van der Waals surface area contributed by atoms with E-state index in [1.807, 2.05) is 57.2 Å². The number of aryl methyl sites for hydroxylation is 4. The molecule has 2 aromatic heterocycles. The van der Waals surface area contributed by atoms with E-state index in [0.717, 1.165) is 53.9 Å². The lowest BCUT2D eigenvalue weighted by atomic mass is 10.1. The number of nitrogens with zero attached hydrogens (tertiary/aromatic N) is 6. The molecule has 3 aromatic carbocycles. The average molecular weight is 680 g/mol. The number of likely N-dealkylation sites (tertiary alicyclic amines) is 1. The Morgan fingerprint density at radius 3 is 2.42 bits per heavy atom. The summed E-state index contributed by atoms with van der Waals surface area (Å²) in [6.07, 6.45) is 5.53. The standard InChI is InChI=1S/C38H42FN7O4/c1-25-21-26(2)35(27(3)22-25)49-38(47)46(24-29-9-11-30(12-10-29)36-41-28(4)50-44-36)34-15-16-40-37(43-34)42-31-13-14-33(32(39)23-31)48-20-8-19-45-17-6-5-7-18-45/h9-16,21-23H,5-8,17-20,24H2,1-4H3,(H,40,42,43). The molecule has 50 heavy (non-hydrogen) atoms.